The van der Waals surface area contributed by atoms with E-state index in [4.69, 9.17) is 32.4 Å². The summed E-state index contributed by atoms with van der Waals surface area (Å²) in [4.78, 5) is 45.5. The van der Waals surface area contributed by atoms with E-state index in [1.165, 1.54) is 6.07 Å². The molecule has 0 aromatic heterocycles. The molecule has 0 unspecified atom stereocenters. The molecule has 25 heavy (non-hydrogen) atoms. The van der Waals surface area contributed by atoms with Gasteiger partial charge in [-0.25, -0.2) is 9.59 Å². The Morgan fingerprint density at radius 1 is 0.920 bits per heavy atom. The maximum absolute atomic E-state index is 11.9. The van der Waals surface area contributed by atoms with Crippen molar-refractivity contribution in [1.82, 2.24) is 0 Å². The van der Waals surface area contributed by atoms with Crippen LogP contribution in [0.15, 0.2) is 18.2 Å². The second kappa shape index (κ2) is 8.76. The first-order valence-corrected chi connectivity index (χ1v) is 7.22. The summed E-state index contributed by atoms with van der Waals surface area (Å²) < 4.78 is 10.2. The molecular formula is C15H20N4O6. The van der Waals surface area contributed by atoms with Crippen LogP contribution in [0.25, 0.3) is 0 Å². The van der Waals surface area contributed by atoms with Gasteiger partial charge in [-0.2, -0.15) is 0 Å². The molecule has 1 aromatic carbocycles. The molecule has 1 aromatic rings. The zero-order valence-electron chi connectivity index (χ0n) is 13.6. The van der Waals surface area contributed by atoms with Crippen molar-refractivity contribution in [2.45, 2.75) is 31.8 Å². The monoisotopic (exact) mass is 352 g/mol. The van der Waals surface area contributed by atoms with Crippen molar-refractivity contribution < 1.29 is 28.7 Å². The zero-order chi connectivity index (χ0) is 19.1. The van der Waals surface area contributed by atoms with E-state index in [9.17, 15) is 19.2 Å². The number of amides is 2. The van der Waals surface area contributed by atoms with E-state index in [0.717, 1.165) is 0 Å². The van der Waals surface area contributed by atoms with E-state index in [1.54, 1.807) is 19.1 Å². The van der Waals surface area contributed by atoms with Crippen LogP contribution in [0, 0.1) is 6.92 Å². The third-order valence-corrected chi connectivity index (χ3v) is 3.04. The Labute approximate surface area is 143 Å². The number of ether oxygens (including phenoxy) is 2. The van der Waals surface area contributed by atoms with Crippen LogP contribution >= 0.6 is 0 Å². The molecule has 10 heteroatoms. The lowest BCUT2D eigenvalue weighted by Crippen LogP contribution is -2.39. The van der Waals surface area contributed by atoms with Crippen LogP contribution in [-0.2, 0) is 19.2 Å². The fraction of sp³-hybridized carbons (Fsp3) is 0.333. The SMILES string of the molecule is Cc1cccc(OC(=O)[C@@H](N)CC(N)=O)c1OC(=O)[C@@H](N)CC(N)=O. The molecule has 0 heterocycles. The second-order valence-corrected chi connectivity index (χ2v) is 5.30. The van der Waals surface area contributed by atoms with Gasteiger partial charge in [-0.3, -0.25) is 9.59 Å². The number of benzene rings is 1. The quantitative estimate of drug-likeness (QED) is 0.311. The van der Waals surface area contributed by atoms with Gasteiger partial charge in [0.05, 0.1) is 12.8 Å². The molecule has 2 amide bonds. The van der Waals surface area contributed by atoms with Gasteiger partial charge in [-0.05, 0) is 18.6 Å². The molecule has 0 radical (unpaired) electrons. The minimum atomic E-state index is -1.27. The van der Waals surface area contributed by atoms with Gasteiger partial charge in [0.1, 0.15) is 12.1 Å². The van der Waals surface area contributed by atoms with E-state index >= 15 is 0 Å². The molecule has 1 rings (SSSR count). The minimum Gasteiger partial charge on any atom is -0.421 e. The summed E-state index contributed by atoms with van der Waals surface area (Å²) in [7, 11) is 0. The summed E-state index contributed by atoms with van der Waals surface area (Å²) in [5, 5.41) is 0. The Kier molecular flexibility index (Phi) is 7.03. The van der Waals surface area contributed by atoms with E-state index in [2.05, 4.69) is 0 Å². The largest absolute Gasteiger partial charge is 0.421 e. The number of nitrogens with two attached hydrogens (primary N) is 4. The van der Waals surface area contributed by atoms with E-state index in [-0.39, 0.29) is 11.5 Å². The number of esters is 2. The van der Waals surface area contributed by atoms with E-state index in [1.807, 2.05) is 0 Å². The average Bonchev–Trinajstić information content (AvgIpc) is 2.48. The van der Waals surface area contributed by atoms with Gasteiger partial charge in [0.15, 0.2) is 11.5 Å². The first-order valence-electron chi connectivity index (χ1n) is 7.22. The molecule has 136 valence electrons. The molecule has 0 spiro atoms. The number of carbonyl (C=O) groups excluding carboxylic acids is 4. The third-order valence-electron chi connectivity index (χ3n) is 3.04. The molecule has 10 nitrogen and oxygen atoms in total. The van der Waals surface area contributed by atoms with Crippen LogP contribution in [-0.4, -0.2) is 35.8 Å². The number of para-hydroxylation sites is 1. The highest BCUT2D eigenvalue weighted by Gasteiger charge is 2.24. The highest BCUT2D eigenvalue weighted by atomic mass is 16.6. The predicted molar refractivity (Wildman–Crippen MR) is 86.0 cm³/mol. The van der Waals surface area contributed by atoms with Crippen molar-refractivity contribution in [2.75, 3.05) is 0 Å². The molecule has 0 aliphatic carbocycles. The Hall–Kier alpha value is -2.98. The molecule has 0 saturated heterocycles. The summed E-state index contributed by atoms with van der Waals surface area (Å²) in [6, 6.07) is 1.99. The molecule has 0 bridgehead atoms. The van der Waals surface area contributed by atoms with Crippen molar-refractivity contribution in [1.29, 1.82) is 0 Å². The van der Waals surface area contributed by atoms with Gasteiger partial charge in [0.25, 0.3) is 0 Å². The Bertz CT molecular complexity index is 691. The van der Waals surface area contributed by atoms with E-state index in [0.29, 0.717) is 5.56 Å². The lowest BCUT2D eigenvalue weighted by atomic mass is 10.2. The highest BCUT2D eigenvalue weighted by Crippen LogP contribution is 2.31. The molecular weight excluding hydrogens is 332 g/mol. The summed E-state index contributed by atoms with van der Waals surface area (Å²) in [6.07, 6.45) is -0.799. The molecule has 0 aliphatic heterocycles. The molecule has 0 fully saturated rings. The highest BCUT2D eigenvalue weighted by molar-refractivity contribution is 5.87. The Morgan fingerprint density at radius 3 is 1.88 bits per heavy atom. The van der Waals surface area contributed by atoms with Crippen LogP contribution < -0.4 is 32.4 Å². The van der Waals surface area contributed by atoms with Crippen molar-refractivity contribution in [3.8, 4) is 11.5 Å². The van der Waals surface area contributed by atoms with Gasteiger partial charge >= 0.3 is 11.9 Å². The van der Waals surface area contributed by atoms with Crippen molar-refractivity contribution in [2.24, 2.45) is 22.9 Å². The van der Waals surface area contributed by atoms with Crippen molar-refractivity contribution in [3.63, 3.8) is 0 Å². The fourth-order valence-corrected chi connectivity index (χ4v) is 1.80. The number of primary amides is 2. The van der Waals surface area contributed by atoms with Gasteiger partial charge < -0.3 is 32.4 Å². The number of hydrogen-bond acceptors (Lipinski definition) is 8. The standard InChI is InChI=1S/C15H20N4O6/c1-7-3-2-4-10(24-14(22)8(16)5-11(18)20)13(7)25-15(23)9(17)6-12(19)21/h2-4,8-9H,5-6,16-17H2,1H3,(H2,18,20)(H2,19,21)/t8-,9-/m0/s1. The first kappa shape index (κ1) is 20.1. The fourth-order valence-electron chi connectivity index (χ4n) is 1.80. The second-order valence-electron chi connectivity index (χ2n) is 5.30. The van der Waals surface area contributed by atoms with Gasteiger partial charge in [0, 0.05) is 0 Å². The number of hydrogen-bond donors (Lipinski definition) is 4. The van der Waals surface area contributed by atoms with Crippen molar-refractivity contribution in [3.05, 3.63) is 23.8 Å². The molecule has 0 saturated carbocycles. The smallest absolute Gasteiger partial charge is 0.328 e. The van der Waals surface area contributed by atoms with Crippen LogP contribution in [0.5, 0.6) is 11.5 Å². The third kappa shape index (κ3) is 6.20. The van der Waals surface area contributed by atoms with Crippen LogP contribution in [0.2, 0.25) is 0 Å². The van der Waals surface area contributed by atoms with E-state index < -0.39 is 48.7 Å². The number of carbonyl (C=O) groups is 4. The summed E-state index contributed by atoms with van der Waals surface area (Å²) >= 11 is 0. The normalized spacial score (nSPS) is 12.8. The molecule has 8 N–H and O–H groups in total. The lowest BCUT2D eigenvalue weighted by molar-refractivity contribution is -0.139. The van der Waals surface area contributed by atoms with Crippen LogP contribution in [0.1, 0.15) is 18.4 Å². The zero-order valence-corrected chi connectivity index (χ0v) is 13.6. The maximum atomic E-state index is 11.9. The Balaban J connectivity index is 2.94. The number of aryl methyl sites for hydroxylation is 1. The Morgan fingerprint density at radius 2 is 1.40 bits per heavy atom. The molecule has 2 atom stereocenters. The average molecular weight is 352 g/mol. The summed E-state index contributed by atoms with van der Waals surface area (Å²) in [6.45, 7) is 1.60. The van der Waals surface area contributed by atoms with Crippen LogP contribution in [0.4, 0.5) is 0 Å². The van der Waals surface area contributed by atoms with Crippen molar-refractivity contribution >= 4 is 23.8 Å². The van der Waals surface area contributed by atoms with Gasteiger partial charge in [-0.15, -0.1) is 0 Å². The first-order chi connectivity index (χ1) is 11.6. The summed E-state index contributed by atoms with van der Waals surface area (Å²) in [5.41, 5.74) is 21.4. The molecule has 0 aliphatic rings. The summed E-state index contributed by atoms with van der Waals surface area (Å²) in [5.74, 6) is -3.54. The topological polar surface area (TPSA) is 191 Å². The number of rotatable bonds is 8. The maximum Gasteiger partial charge on any atom is 0.328 e. The van der Waals surface area contributed by atoms with Gasteiger partial charge in [0.2, 0.25) is 11.8 Å². The predicted octanol–water partition coefficient (Wildman–Crippen LogP) is -1.79. The van der Waals surface area contributed by atoms with Gasteiger partial charge in [-0.1, -0.05) is 12.1 Å². The van der Waals surface area contributed by atoms with Crippen LogP contribution in [0.3, 0.4) is 0 Å². The minimum absolute atomic E-state index is 0.0629. The lowest BCUT2D eigenvalue weighted by Gasteiger charge is -2.16.